The van der Waals surface area contributed by atoms with E-state index in [0.29, 0.717) is 23.4 Å². The lowest BCUT2D eigenvalue weighted by Crippen LogP contribution is -2.42. The first kappa shape index (κ1) is 21.3. The second-order valence-electron chi connectivity index (χ2n) is 8.08. The van der Waals surface area contributed by atoms with Crippen LogP contribution < -0.4 is 0 Å². The molecule has 3 fully saturated rings. The average molecular weight is 479 g/mol. The van der Waals surface area contributed by atoms with Crippen molar-refractivity contribution in [2.45, 2.75) is 36.4 Å². The summed E-state index contributed by atoms with van der Waals surface area (Å²) in [6, 6.07) is 1.69. The Labute approximate surface area is 191 Å². The Hall–Kier alpha value is -2.59. The Bertz CT molecular complexity index is 1280. The molecule has 3 aliphatic rings. The molecule has 0 aromatic carbocycles. The second kappa shape index (κ2) is 7.77. The monoisotopic (exact) mass is 478 g/mol. The lowest BCUT2D eigenvalue weighted by molar-refractivity contribution is -0.140. The van der Waals surface area contributed by atoms with E-state index in [2.05, 4.69) is 14.5 Å². The van der Waals surface area contributed by atoms with E-state index in [1.807, 2.05) is 12.3 Å². The fourth-order valence-electron chi connectivity index (χ4n) is 5.13. The zero-order valence-electron chi connectivity index (χ0n) is 17.3. The summed E-state index contributed by atoms with van der Waals surface area (Å²) in [6.07, 6.45) is 3.79. The Kier molecular flexibility index (Phi) is 5.16. The molecule has 2 saturated heterocycles. The van der Waals surface area contributed by atoms with Gasteiger partial charge in [-0.1, -0.05) is 11.6 Å². The Balaban J connectivity index is 1.77. The number of rotatable bonds is 5. The van der Waals surface area contributed by atoms with Crippen molar-refractivity contribution in [1.82, 2.24) is 19.4 Å². The average Bonchev–Trinajstić information content (AvgIpc) is 3.47. The van der Waals surface area contributed by atoms with Gasteiger partial charge in [-0.05, 0) is 25.2 Å². The van der Waals surface area contributed by atoms with E-state index in [-0.39, 0.29) is 41.1 Å². The number of pyridine rings is 2. The molecule has 3 unspecified atom stereocenters. The normalized spacial score (nSPS) is 21.9. The van der Waals surface area contributed by atoms with Crippen LogP contribution in [0.25, 0.3) is 21.8 Å². The molecule has 5 heterocycles. The topological polar surface area (TPSA) is 97.5 Å². The van der Waals surface area contributed by atoms with Crippen molar-refractivity contribution >= 4 is 57.2 Å². The molecule has 168 valence electrons. The van der Waals surface area contributed by atoms with Crippen molar-refractivity contribution in [3.05, 3.63) is 28.9 Å². The maximum atomic E-state index is 14.9. The van der Waals surface area contributed by atoms with Gasteiger partial charge in [0.15, 0.2) is 11.0 Å². The number of carbonyl (C=O) groups is 2. The molecule has 8 nitrogen and oxygen atoms in total. The van der Waals surface area contributed by atoms with Crippen LogP contribution in [0.5, 0.6) is 0 Å². The van der Waals surface area contributed by atoms with Crippen LogP contribution >= 0.6 is 23.4 Å². The first-order valence-electron chi connectivity index (χ1n) is 10.1. The number of carboxylic acid groups (broad SMARTS) is 1. The zero-order chi connectivity index (χ0) is 22.7. The molecular formula is C21H20ClFN4O4S. The van der Waals surface area contributed by atoms with Crippen molar-refractivity contribution in [1.29, 1.82) is 0 Å². The molecule has 2 bridgehead atoms. The van der Waals surface area contributed by atoms with Gasteiger partial charge >= 0.3 is 12.1 Å². The minimum atomic E-state index is -0.941. The molecule has 1 amide bonds. The standard InChI is InChI=1S/C21H20ClFN4O4S/c1-31-14(28)4-3-10-6-11-18(27(10)17-9-5-13(17)26(8-9)21(29)30)12-7-24-19(22)15(23)16(12)25-20(11)32-2/h6-7,9,13,17H,3-5,8H2,1-2H3,(H,29,30). The summed E-state index contributed by atoms with van der Waals surface area (Å²) in [5.74, 6) is -0.873. The minimum absolute atomic E-state index is 0.102. The van der Waals surface area contributed by atoms with E-state index in [9.17, 15) is 19.1 Å². The van der Waals surface area contributed by atoms with Crippen LogP contribution in [0.4, 0.5) is 9.18 Å². The summed E-state index contributed by atoms with van der Waals surface area (Å²) in [7, 11) is 1.34. The molecule has 6 rings (SSSR count). The van der Waals surface area contributed by atoms with Gasteiger partial charge in [0.25, 0.3) is 0 Å². The molecule has 1 aliphatic carbocycles. The maximum Gasteiger partial charge on any atom is 0.407 e. The highest BCUT2D eigenvalue weighted by Crippen LogP contribution is 2.52. The lowest BCUT2D eigenvalue weighted by Gasteiger charge is -2.38. The molecule has 3 atom stereocenters. The number of esters is 1. The zero-order valence-corrected chi connectivity index (χ0v) is 18.9. The van der Waals surface area contributed by atoms with E-state index in [0.717, 1.165) is 23.0 Å². The molecule has 11 heteroatoms. The molecule has 2 aliphatic heterocycles. The van der Waals surface area contributed by atoms with Crippen LogP contribution in [-0.4, -0.2) is 62.6 Å². The van der Waals surface area contributed by atoms with Crippen LogP contribution in [0, 0.1) is 11.7 Å². The molecule has 3 aromatic heterocycles. The highest BCUT2D eigenvalue weighted by Gasteiger charge is 2.55. The quantitative estimate of drug-likeness (QED) is 0.334. The van der Waals surface area contributed by atoms with Crippen molar-refractivity contribution in [2.75, 3.05) is 19.9 Å². The van der Waals surface area contributed by atoms with Gasteiger partial charge < -0.3 is 19.3 Å². The smallest absolute Gasteiger partial charge is 0.407 e. The summed E-state index contributed by atoms with van der Waals surface area (Å²) in [4.78, 5) is 33.6. The van der Waals surface area contributed by atoms with Crippen molar-refractivity contribution in [2.24, 2.45) is 5.92 Å². The Morgan fingerprint density at radius 1 is 1.41 bits per heavy atom. The summed E-state index contributed by atoms with van der Waals surface area (Å²) in [6.45, 7) is 0.456. The number of aryl methyl sites for hydroxylation is 1. The number of fused-ring (bicyclic) bond motifs is 4. The molecule has 32 heavy (non-hydrogen) atoms. The predicted octanol–water partition coefficient (Wildman–Crippen LogP) is 4.13. The number of nitrogens with zero attached hydrogens (tertiary/aromatic N) is 4. The molecular weight excluding hydrogens is 459 g/mol. The summed E-state index contributed by atoms with van der Waals surface area (Å²) in [5, 5.41) is 11.3. The Morgan fingerprint density at radius 2 is 2.19 bits per heavy atom. The van der Waals surface area contributed by atoms with Crippen molar-refractivity contribution in [3.8, 4) is 0 Å². The number of carbonyl (C=O) groups excluding carboxylic acids is 1. The highest BCUT2D eigenvalue weighted by molar-refractivity contribution is 7.98. The van der Waals surface area contributed by atoms with E-state index in [1.165, 1.54) is 30.0 Å². The number of thioether (sulfide) groups is 1. The first-order valence-corrected chi connectivity index (χ1v) is 11.7. The van der Waals surface area contributed by atoms with Gasteiger partial charge in [0.05, 0.1) is 31.1 Å². The van der Waals surface area contributed by atoms with Crippen LogP contribution in [0.15, 0.2) is 17.3 Å². The Morgan fingerprint density at radius 3 is 2.84 bits per heavy atom. The SMILES string of the molecule is COC(=O)CCc1cc2c(SC)nc3c(F)c(Cl)ncc3c2n1C1C2CC1N(C(=O)O)C2. The number of ether oxygens (including phenoxy) is 1. The summed E-state index contributed by atoms with van der Waals surface area (Å²) in [5.41, 5.74) is 1.73. The van der Waals surface area contributed by atoms with E-state index >= 15 is 0 Å². The fraction of sp³-hybridized carbons (Fsp3) is 0.429. The van der Waals surface area contributed by atoms with Gasteiger partial charge in [-0.15, -0.1) is 11.8 Å². The van der Waals surface area contributed by atoms with Crippen LogP contribution in [0.1, 0.15) is 24.6 Å². The van der Waals surface area contributed by atoms with E-state index < -0.39 is 11.9 Å². The maximum absolute atomic E-state index is 14.9. The highest BCUT2D eigenvalue weighted by atomic mass is 35.5. The summed E-state index contributed by atoms with van der Waals surface area (Å²) >= 11 is 7.32. The molecule has 0 spiro atoms. The number of amides is 1. The molecule has 1 N–H and O–H groups in total. The largest absolute Gasteiger partial charge is 0.469 e. The van der Waals surface area contributed by atoms with E-state index in [4.69, 9.17) is 16.3 Å². The predicted molar refractivity (Wildman–Crippen MR) is 118 cm³/mol. The molecule has 3 aromatic rings. The van der Waals surface area contributed by atoms with Gasteiger partial charge in [0, 0.05) is 35.1 Å². The molecule has 1 saturated carbocycles. The third-order valence-electron chi connectivity index (χ3n) is 6.57. The van der Waals surface area contributed by atoms with E-state index in [1.54, 1.807) is 0 Å². The minimum Gasteiger partial charge on any atom is -0.469 e. The van der Waals surface area contributed by atoms with Crippen molar-refractivity contribution in [3.63, 3.8) is 0 Å². The number of halogens is 2. The van der Waals surface area contributed by atoms with Gasteiger partial charge in [-0.25, -0.2) is 19.2 Å². The number of methoxy groups -OCH3 is 1. The van der Waals surface area contributed by atoms with Gasteiger partial charge in [0.1, 0.15) is 10.5 Å². The number of hydrogen-bond acceptors (Lipinski definition) is 6. The van der Waals surface area contributed by atoms with Crippen molar-refractivity contribution < 1.29 is 23.8 Å². The number of hydrogen-bond donors (Lipinski definition) is 1. The lowest BCUT2D eigenvalue weighted by atomic mass is 9.79. The van der Waals surface area contributed by atoms with Crippen LogP contribution in [0.3, 0.4) is 0 Å². The van der Waals surface area contributed by atoms with Crippen LogP contribution in [-0.2, 0) is 16.0 Å². The number of aromatic nitrogens is 3. The third kappa shape index (κ3) is 3.03. The second-order valence-corrected chi connectivity index (χ2v) is 9.23. The third-order valence-corrected chi connectivity index (χ3v) is 7.53. The van der Waals surface area contributed by atoms with Gasteiger partial charge in [0.2, 0.25) is 0 Å². The van der Waals surface area contributed by atoms with Crippen LogP contribution in [0.2, 0.25) is 5.15 Å². The van der Waals surface area contributed by atoms with Gasteiger partial charge in [-0.2, -0.15) is 0 Å². The fourth-order valence-corrected chi connectivity index (χ4v) is 5.82. The van der Waals surface area contributed by atoms with Gasteiger partial charge in [-0.3, -0.25) is 4.79 Å². The first-order chi connectivity index (χ1) is 15.3. The molecule has 0 radical (unpaired) electrons. The summed E-state index contributed by atoms with van der Waals surface area (Å²) < 4.78 is 21.8.